The molecule has 3 aliphatic heterocycles. The number of hydrogen-bond donors (Lipinski definition) is 2. The highest BCUT2D eigenvalue weighted by molar-refractivity contribution is 5.06. The normalized spacial score (nSPS) is 37.9. The summed E-state index contributed by atoms with van der Waals surface area (Å²) in [5.41, 5.74) is 0.948. The molecule has 3 aliphatic rings. The zero-order chi connectivity index (χ0) is 15.6. The van der Waals surface area contributed by atoms with Crippen LogP contribution in [-0.4, -0.2) is 78.5 Å². The first-order chi connectivity index (χ1) is 11.3. The first-order valence-electron chi connectivity index (χ1n) is 8.23. The van der Waals surface area contributed by atoms with Crippen LogP contribution >= 0.6 is 0 Å². The van der Waals surface area contributed by atoms with E-state index in [1.807, 2.05) is 18.2 Å². The maximum absolute atomic E-state index is 10.9. The van der Waals surface area contributed by atoms with Gasteiger partial charge in [0.15, 0.2) is 6.29 Å². The average molecular weight is 321 g/mol. The Kier molecular flexibility index (Phi) is 4.57. The maximum Gasteiger partial charge on any atom is 0.176 e. The van der Waals surface area contributed by atoms with Crippen LogP contribution in [0.25, 0.3) is 0 Å². The van der Waals surface area contributed by atoms with Crippen LogP contribution in [0.3, 0.4) is 0 Å². The third-order valence-corrected chi connectivity index (χ3v) is 4.84. The highest BCUT2D eigenvalue weighted by Gasteiger charge is 2.52. The Bertz CT molecular complexity index is 511. The molecule has 1 aromatic rings. The minimum absolute atomic E-state index is 0.115. The Hall–Kier alpha value is -1.09. The third-order valence-electron chi connectivity index (χ3n) is 4.84. The van der Waals surface area contributed by atoms with Crippen molar-refractivity contribution in [3.8, 4) is 0 Å². The van der Waals surface area contributed by atoms with Crippen LogP contribution in [-0.2, 0) is 20.8 Å². The van der Waals surface area contributed by atoms with E-state index in [0.29, 0.717) is 26.4 Å². The van der Waals surface area contributed by atoms with Crippen molar-refractivity contribution in [2.24, 2.45) is 0 Å². The number of ether oxygens (including phenoxy) is 3. The molecule has 4 heterocycles. The zero-order valence-electron chi connectivity index (χ0n) is 13.0. The Morgan fingerprint density at radius 2 is 2.17 bits per heavy atom. The highest BCUT2D eigenvalue weighted by Crippen LogP contribution is 2.31. The van der Waals surface area contributed by atoms with Crippen LogP contribution < -0.4 is 5.32 Å². The molecule has 0 saturated carbocycles. The summed E-state index contributed by atoms with van der Waals surface area (Å²) in [7, 11) is 0. The van der Waals surface area contributed by atoms with Crippen LogP contribution in [0.1, 0.15) is 5.69 Å². The van der Waals surface area contributed by atoms with Crippen LogP contribution in [0.4, 0.5) is 0 Å². The molecular weight excluding hydrogens is 298 g/mol. The maximum atomic E-state index is 10.9. The topological polar surface area (TPSA) is 76.1 Å². The third kappa shape index (κ3) is 3.13. The second-order valence-corrected chi connectivity index (χ2v) is 6.23. The lowest BCUT2D eigenvalue weighted by Crippen LogP contribution is -2.65. The second-order valence-electron chi connectivity index (χ2n) is 6.23. The number of aliphatic hydroxyl groups is 1. The predicted octanol–water partition coefficient (Wildman–Crippen LogP) is -0.643. The van der Waals surface area contributed by atoms with E-state index in [9.17, 15) is 5.11 Å². The van der Waals surface area contributed by atoms with Gasteiger partial charge in [0.2, 0.25) is 0 Å². The summed E-state index contributed by atoms with van der Waals surface area (Å²) in [5.74, 6) is 0. The number of hydrogen-bond acceptors (Lipinski definition) is 7. The number of fused-ring (bicyclic) bond motifs is 2. The fourth-order valence-corrected chi connectivity index (χ4v) is 3.64. The Balaban J connectivity index is 1.45. The van der Waals surface area contributed by atoms with Crippen molar-refractivity contribution >= 4 is 0 Å². The van der Waals surface area contributed by atoms with Crippen molar-refractivity contribution in [3.05, 3.63) is 30.1 Å². The van der Waals surface area contributed by atoms with Gasteiger partial charge in [-0.1, -0.05) is 6.07 Å². The second kappa shape index (κ2) is 6.80. The van der Waals surface area contributed by atoms with Crippen LogP contribution in [0.15, 0.2) is 24.4 Å². The van der Waals surface area contributed by atoms with Crippen LogP contribution in [0, 0.1) is 0 Å². The summed E-state index contributed by atoms with van der Waals surface area (Å²) >= 11 is 0. The highest BCUT2D eigenvalue weighted by atomic mass is 16.7. The molecule has 126 valence electrons. The number of morpholine rings is 1. The zero-order valence-corrected chi connectivity index (χ0v) is 13.0. The van der Waals surface area contributed by atoms with E-state index < -0.39 is 6.10 Å². The summed E-state index contributed by atoms with van der Waals surface area (Å²) in [6.45, 7) is 4.08. The summed E-state index contributed by atoms with van der Waals surface area (Å²) in [6.07, 6.45) is 0.774. The van der Waals surface area contributed by atoms with Crippen molar-refractivity contribution in [1.29, 1.82) is 0 Å². The predicted molar refractivity (Wildman–Crippen MR) is 81.7 cm³/mol. The SMILES string of the molecule is OC1C(NCc2ccccn2)C2COC(O2)C1N1CCOCC1. The molecule has 5 atom stereocenters. The number of rotatable bonds is 4. The van der Waals surface area contributed by atoms with E-state index in [4.69, 9.17) is 14.2 Å². The average Bonchev–Trinajstić information content (AvgIpc) is 3.02. The number of nitrogens with zero attached hydrogens (tertiary/aromatic N) is 2. The monoisotopic (exact) mass is 321 g/mol. The van der Waals surface area contributed by atoms with E-state index in [1.165, 1.54) is 0 Å². The molecule has 7 nitrogen and oxygen atoms in total. The van der Waals surface area contributed by atoms with Gasteiger partial charge < -0.3 is 24.6 Å². The van der Waals surface area contributed by atoms with Gasteiger partial charge in [-0.3, -0.25) is 9.88 Å². The molecule has 2 N–H and O–H groups in total. The molecular formula is C16H23N3O4. The molecule has 4 rings (SSSR count). The van der Waals surface area contributed by atoms with Crippen molar-refractivity contribution in [3.63, 3.8) is 0 Å². The molecule has 2 bridgehead atoms. The van der Waals surface area contributed by atoms with Crippen LogP contribution in [0.5, 0.6) is 0 Å². The Morgan fingerprint density at radius 1 is 1.30 bits per heavy atom. The number of pyridine rings is 1. The van der Waals surface area contributed by atoms with Crippen LogP contribution in [0.2, 0.25) is 0 Å². The smallest absolute Gasteiger partial charge is 0.176 e. The summed E-state index contributed by atoms with van der Waals surface area (Å²) in [4.78, 5) is 6.53. The van der Waals surface area contributed by atoms with Gasteiger partial charge >= 0.3 is 0 Å². The quantitative estimate of drug-likeness (QED) is 0.764. The molecule has 3 saturated heterocycles. The lowest BCUT2D eigenvalue weighted by molar-refractivity contribution is -0.191. The van der Waals surface area contributed by atoms with Crippen molar-refractivity contribution in [1.82, 2.24) is 15.2 Å². The van der Waals surface area contributed by atoms with E-state index in [-0.39, 0.29) is 24.5 Å². The minimum Gasteiger partial charge on any atom is -0.390 e. The van der Waals surface area contributed by atoms with Crippen molar-refractivity contribution < 1.29 is 19.3 Å². The Morgan fingerprint density at radius 3 is 2.96 bits per heavy atom. The largest absolute Gasteiger partial charge is 0.390 e. The summed E-state index contributed by atoms with van der Waals surface area (Å²) < 4.78 is 17.2. The van der Waals surface area contributed by atoms with Gasteiger partial charge in [0.05, 0.1) is 43.7 Å². The van der Waals surface area contributed by atoms with Gasteiger partial charge in [0.1, 0.15) is 6.10 Å². The van der Waals surface area contributed by atoms with Crippen molar-refractivity contribution in [2.45, 2.75) is 37.1 Å². The summed E-state index contributed by atoms with van der Waals surface area (Å²) in [5, 5.41) is 14.3. The van der Waals surface area contributed by atoms with E-state index >= 15 is 0 Å². The van der Waals surface area contributed by atoms with Gasteiger partial charge in [0, 0.05) is 25.8 Å². The van der Waals surface area contributed by atoms with E-state index in [1.54, 1.807) is 6.20 Å². The van der Waals surface area contributed by atoms with Crippen molar-refractivity contribution in [2.75, 3.05) is 32.9 Å². The fourth-order valence-electron chi connectivity index (χ4n) is 3.64. The molecule has 0 spiro atoms. The first kappa shape index (κ1) is 15.4. The fraction of sp³-hybridized carbons (Fsp3) is 0.688. The molecule has 1 aromatic heterocycles. The molecule has 23 heavy (non-hydrogen) atoms. The lowest BCUT2D eigenvalue weighted by atomic mass is 9.94. The van der Waals surface area contributed by atoms with E-state index in [2.05, 4.69) is 15.2 Å². The molecule has 0 amide bonds. The van der Waals surface area contributed by atoms with Gasteiger partial charge in [-0.2, -0.15) is 0 Å². The Labute approximate surface area is 135 Å². The molecule has 0 aromatic carbocycles. The van der Waals surface area contributed by atoms with E-state index in [0.717, 1.165) is 18.8 Å². The molecule has 3 fully saturated rings. The summed E-state index contributed by atoms with van der Waals surface area (Å²) in [6, 6.07) is 5.51. The first-order valence-corrected chi connectivity index (χ1v) is 8.23. The van der Waals surface area contributed by atoms with Gasteiger partial charge in [0.25, 0.3) is 0 Å². The number of aliphatic hydroxyl groups excluding tert-OH is 1. The van der Waals surface area contributed by atoms with Gasteiger partial charge in [-0.15, -0.1) is 0 Å². The lowest BCUT2D eigenvalue weighted by Gasteiger charge is -2.45. The molecule has 0 radical (unpaired) electrons. The number of nitrogens with one attached hydrogen (secondary N) is 1. The van der Waals surface area contributed by atoms with Gasteiger partial charge in [-0.05, 0) is 12.1 Å². The minimum atomic E-state index is -0.539. The standard InChI is InChI=1S/C16H23N3O4/c20-15-13(18-9-11-3-1-2-4-17-11)12-10-22-16(23-12)14(15)19-5-7-21-8-6-19/h1-4,12-16,18,20H,5-10H2. The molecule has 5 unspecified atom stereocenters. The molecule has 0 aliphatic carbocycles. The van der Waals surface area contributed by atoms with Gasteiger partial charge in [-0.25, -0.2) is 0 Å². The molecule has 7 heteroatoms. The number of aromatic nitrogens is 1.